The molecule has 6 heteroatoms. The van der Waals surface area contributed by atoms with Gasteiger partial charge in [0.1, 0.15) is 6.04 Å². The van der Waals surface area contributed by atoms with Crippen LogP contribution < -0.4 is 10.6 Å². The molecule has 1 aliphatic heterocycles. The van der Waals surface area contributed by atoms with E-state index in [1.807, 2.05) is 44.2 Å². The lowest BCUT2D eigenvalue weighted by Gasteiger charge is -2.21. The van der Waals surface area contributed by atoms with Crippen molar-refractivity contribution < 1.29 is 14.4 Å². The van der Waals surface area contributed by atoms with Crippen LogP contribution in [0.25, 0.3) is 0 Å². The molecule has 1 aliphatic rings. The maximum absolute atomic E-state index is 12.5. The topological polar surface area (TPSA) is 78.5 Å². The Bertz CT molecular complexity index is 574. The van der Waals surface area contributed by atoms with Crippen LogP contribution in [-0.2, 0) is 9.59 Å². The highest BCUT2D eigenvalue weighted by Gasteiger charge is 2.40. The Labute approximate surface area is 136 Å². The van der Waals surface area contributed by atoms with E-state index in [2.05, 4.69) is 10.6 Å². The summed E-state index contributed by atoms with van der Waals surface area (Å²) in [5.74, 6) is -0.363. The molecule has 0 aliphatic carbocycles. The quantitative estimate of drug-likeness (QED) is 0.755. The van der Waals surface area contributed by atoms with E-state index in [1.165, 1.54) is 4.90 Å². The maximum Gasteiger partial charge on any atom is 0.325 e. The van der Waals surface area contributed by atoms with Crippen molar-refractivity contribution >= 4 is 17.8 Å². The Hall–Kier alpha value is -2.37. The van der Waals surface area contributed by atoms with Crippen LogP contribution in [0.3, 0.4) is 0 Å². The second-order valence-electron chi connectivity index (χ2n) is 5.69. The molecule has 1 heterocycles. The minimum absolute atomic E-state index is 0.0940. The van der Waals surface area contributed by atoms with Crippen molar-refractivity contribution in [1.82, 2.24) is 15.5 Å². The van der Waals surface area contributed by atoms with E-state index in [1.54, 1.807) is 0 Å². The van der Waals surface area contributed by atoms with Crippen LogP contribution in [-0.4, -0.2) is 35.3 Å². The monoisotopic (exact) mass is 317 g/mol. The Kier molecular flexibility index (Phi) is 5.73. The first-order chi connectivity index (χ1) is 11.0. The third-order valence-electron chi connectivity index (χ3n) is 3.95. The molecule has 124 valence electrons. The number of carbonyl (C=O) groups excluding carboxylic acids is 3. The molecule has 0 unspecified atom stereocenters. The highest BCUT2D eigenvalue weighted by atomic mass is 16.2. The average molecular weight is 317 g/mol. The highest BCUT2D eigenvalue weighted by molar-refractivity contribution is 6.04. The zero-order valence-corrected chi connectivity index (χ0v) is 13.5. The van der Waals surface area contributed by atoms with Gasteiger partial charge in [0, 0.05) is 13.0 Å². The fourth-order valence-corrected chi connectivity index (χ4v) is 2.62. The highest BCUT2D eigenvalue weighted by Crippen LogP contribution is 2.25. The van der Waals surface area contributed by atoms with Gasteiger partial charge in [-0.15, -0.1) is 0 Å². The van der Waals surface area contributed by atoms with Gasteiger partial charge in [0.25, 0.3) is 5.91 Å². The van der Waals surface area contributed by atoms with E-state index in [4.69, 9.17) is 0 Å². The van der Waals surface area contributed by atoms with E-state index in [0.717, 1.165) is 12.0 Å². The molecule has 0 radical (unpaired) electrons. The molecule has 1 fully saturated rings. The summed E-state index contributed by atoms with van der Waals surface area (Å²) < 4.78 is 0. The molecule has 6 nitrogen and oxygen atoms in total. The molecule has 1 aromatic rings. The van der Waals surface area contributed by atoms with Crippen molar-refractivity contribution in [1.29, 1.82) is 0 Å². The van der Waals surface area contributed by atoms with Gasteiger partial charge in [0.05, 0.1) is 6.04 Å². The molecule has 23 heavy (non-hydrogen) atoms. The number of urea groups is 1. The Morgan fingerprint density at radius 2 is 2.00 bits per heavy atom. The summed E-state index contributed by atoms with van der Waals surface area (Å²) in [4.78, 5) is 37.5. The molecule has 0 spiro atoms. The number of imide groups is 1. The summed E-state index contributed by atoms with van der Waals surface area (Å²) in [5.41, 5.74) is 0.900. The van der Waals surface area contributed by atoms with E-state index >= 15 is 0 Å². The molecule has 0 saturated carbocycles. The zero-order valence-electron chi connectivity index (χ0n) is 13.5. The van der Waals surface area contributed by atoms with Crippen LogP contribution in [0.2, 0.25) is 0 Å². The van der Waals surface area contributed by atoms with Crippen molar-refractivity contribution in [2.75, 3.05) is 6.54 Å². The van der Waals surface area contributed by atoms with Gasteiger partial charge in [0.15, 0.2) is 0 Å². The minimum Gasteiger partial charge on any atom is -0.356 e. The number of nitrogens with zero attached hydrogens (tertiary/aromatic N) is 1. The molecular formula is C17H23N3O3. The van der Waals surface area contributed by atoms with E-state index in [0.29, 0.717) is 13.0 Å². The molecule has 0 aromatic heterocycles. The van der Waals surface area contributed by atoms with Crippen LogP contribution in [0.1, 0.15) is 44.7 Å². The molecular weight excluding hydrogens is 294 g/mol. The predicted molar refractivity (Wildman–Crippen MR) is 86.6 cm³/mol. The summed E-state index contributed by atoms with van der Waals surface area (Å²) in [6, 6.07) is 8.06. The Morgan fingerprint density at radius 1 is 1.30 bits per heavy atom. The van der Waals surface area contributed by atoms with Crippen LogP contribution in [0, 0.1) is 0 Å². The second-order valence-corrected chi connectivity index (χ2v) is 5.69. The zero-order chi connectivity index (χ0) is 16.8. The lowest BCUT2D eigenvalue weighted by Crippen LogP contribution is -2.34. The van der Waals surface area contributed by atoms with Crippen LogP contribution >= 0.6 is 0 Å². The molecule has 2 N–H and O–H groups in total. The van der Waals surface area contributed by atoms with Gasteiger partial charge in [-0.2, -0.15) is 0 Å². The Morgan fingerprint density at radius 3 is 2.65 bits per heavy atom. The normalized spacial score (nSPS) is 18.7. The first kappa shape index (κ1) is 17.0. The number of hydrogen-bond donors (Lipinski definition) is 2. The van der Waals surface area contributed by atoms with E-state index < -0.39 is 12.1 Å². The lowest BCUT2D eigenvalue weighted by atomic mass is 10.1. The summed E-state index contributed by atoms with van der Waals surface area (Å²) >= 11 is 0. The number of rotatable bonds is 7. The summed E-state index contributed by atoms with van der Waals surface area (Å²) in [6.45, 7) is 4.42. The summed E-state index contributed by atoms with van der Waals surface area (Å²) in [6.07, 6.45) is 1.41. The minimum atomic E-state index is -0.624. The summed E-state index contributed by atoms with van der Waals surface area (Å²) in [7, 11) is 0. The number of hydrogen-bond acceptors (Lipinski definition) is 3. The van der Waals surface area contributed by atoms with Gasteiger partial charge in [-0.25, -0.2) is 4.79 Å². The first-order valence-corrected chi connectivity index (χ1v) is 7.99. The number of benzene rings is 1. The predicted octanol–water partition coefficient (Wildman–Crippen LogP) is 1.97. The number of carbonyl (C=O) groups is 3. The van der Waals surface area contributed by atoms with Gasteiger partial charge in [-0.05, 0) is 25.3 Å². The largest absolute Gasteiger partial charge is 0.356 e. The molecule has 1 saturated heterocycles. The standard InChI is InChI=1S/C17H23N3O3/c1-3-11-18-15(21)10-9-14-16(22)20(17(23)19-14)12(2)13-7-5-4-6-8-13/h4-8,12,14H,3,9-11H2,1-2H3,(H,18,21)(H,19,23)/t12-,14-/m1/s1. The van der Waals surface area contributed by atoms with Crippen LogP contribution in [0.15, 0.2) is 30.3 Å². The van der Waals surface area contributed by atoms with Gasteiger partial charge < -0.3 is 10.6 Å². The van der Waals surface area contributed by atoms with Crippen molar-refractivity contribution in [3.05, 3.63) is 35.9 Å². The molecule has 2 atom stereocenters. The van der Waals surface area contributed by atoms with E-state index in [9.17, 15) is 14.4 Å². The van der Waals surface area contributed by atoms with Crippen LogP contribution in [0.4, 0.5) is 4.79 Å². The molecule has 2 rings (SSSR count). The molecule has 4 amide bonds. The van der Waals surface area contributed by atoms with Crippen LogP contribution in [0.5, 0.6) is 0 Å². The second kappa shape index (κ2) is 7.76. The van der Waals surface area contributed by atoms with Crippen molar-refractivity contribution in [3.63, 3.8) is 0 Å². The van der Waals surface area contributed by atoms with Gasteiger partial charge >= 0.3 is 6.03 Å². The average Bonchev–Trinajstić information content (AvgIpc) is 2.85. The van der Waals surface area contributed by atoms with E-state index in [-0.39, 0.29) is 24.3 Å². The van der Waals surface area contributed by atoms with Crippen molar-refractivity contribution in [2.45, 2.75) is 45.2 Å². The molecule has 1 aromatic carbocycles. The molecule has 0 bridgehead atoms. The van der Waals surface area contributed by atoms with Gasteiger partial charge in [-0.3, -0.25) is 14.5 Å². The van der Waals surface area contributed by atoms with Crippen molar-refractivity contribution in [2.24, 2.45) is 0 Å². The van der Waals surface area contributed by atoms with Gasteiger partial charge in [-0.1, -0.05) is 37.3 Å². The Balaban J connectivity index is 1.96. The first-order valence-electron chi connectivity index (χ1n) is 7.99. The third-order valence-corrected chi connectivity index (χ3v) is 3.95. The lowest BCUT2D eigenvalue weighted by molar-refractivity contribution is -0.129. The fourth-order valence-electron chi connectivity index (χ4n) is 2.62. The maximum atomic E-state index is 12.5. The smallest absolute Gasteiger partial charge is 0.325 e. The van der Waals surface area contributed by atoms with Crippen molar-refractivity contribution in [3.8, 4) is 0 Å². The fraction of sp³-hybridized carbons (Fsp3) is 0.471. The SMILES string of the molecule is CCCNC(=O)CC[C@H]1NC(=O)N([C@H](C)c2ccccc2)C1=O. The number of amides is 4. The number of nitrogens with one attached hydrogen (secondary N) is 2. The van der Waals surface area contributed by atoms with Gasteiger partial charge in [0.2, 0.25) is 5.91 Å². The summed E-state index contributed by atoms with van der Waals surface area (Å²) in [5, 5.41) is 5.44. The third kappa shape index (κ3) is 4.09.